The average molecular weight is 218 g/mol. The van der Waals surface area contributed by atoms with Gasteiger partial charge in [-0.1, -0.05) is 12.2 Å². The molecule has 2 rings (SSSR count). The largest absolute Gasteiger partial charge is 0.395 e. The highest BCUT2D eigenvalue weighted by molar-refractivity contribution is 5.40. The van der Waals surface area contributed by atoms with E-state index in [2.05, 4.69) is 33.1 Å². The van der Waals surface area contributed by atoms with Gasteiger partial charge in [-0.15, -0.1) is 5.73 Å². The molecule has 88 valence electrons. The molecule has 0 aromatic rings. The molecule has 1 N–H and O–H groups in total. The van der Waals surface area contributed by atoms with Crippen LogP contribution >= 0.6 is 0 Å². The highest BCUT2D eigenvalue weighted by Gasteiger charge is 2.61. The lowest BCUT2D eigenvalue weighted by Crippen LogP contribution is -2.19. The maximum atomic E-state index is 9.61. The molecule has 1 nitrogen and oxygen atoms in total. The molecule has 3 atom stereocenters. The van der Waals surface area contributed by atoms with E-state index in [1.807, 2.05) is 0 Å². The summed E-state index contributed by atoms with van der Waals surface area (Å²) >= 11 is 0. The fourth-order valence-electron chi connectivity index (χ4n) is 3.18. The van der Waals surface area contributed by atoms with E-state index in [4.69, 9.17) is 0 Å². The molecule has 0 bridgehead atoms. The maximum Gasteiger partial charge on any atom is 0.0537 e. The Bertz CT molecular complexity index is 380. The van der Waals surface area contributed by atoms with Crippen LogP contribution in [-0.4, -0.2) is 11.7 Å². The summed E-state index contributed by atoms with van der Waals surface area (Å²) < 4.78 is 0. The Morgan fingerprint density at radius 1 is 1.50 bits per heavy atom. The van der Waals surface area contributed by atoms with Crippen LogP contribution in [0.25, 0.3) is 0 Å². The van der Waals surface area contributed by atoms with Crippen LogP contribution < -0.4 is 0 Å². The number of allylic oxidation sites excluding steroid dienone is 1. The second-order valence-corrected chi connectivity index (χ2v) is 5.72. The van der Waals surface area contributed by atoms with Gasteiger partial charge in [0.15, 0.2) is 0 Å². The van der Waals surface area contributed by atoms with Crippen molar-refractivity contribution in [2.75, 3.05) is 6.61 Å². The Morgan fingerprint density at radius 2 is 2.19 bits per heavy atom. The van der Waals surface area contributed by atoms with Gasteiger partial charge in [0, 0.05) is 11.3 Å². The van der Waals surface area contributed by atoms with Crippen LogP contribution in [0.2, 0.25) is 0 Å². The van der Waals surface area contributed by atoms with Gasteiger partial charge in [-0.05, 0) is 57.1 Å². The van der Waals surface area contributed by atoms with Gasteiger partial charge in [-0.25, -0.2) is 0 Å². The van der Waals surface area contributed by atoms with E-state index in [0.29, 0.717) is 18.4 Å². The minimum atomic E-state index is 0.100. The number of hydrogen-bond donors (Lipinski definition) is 1. The summed E-state index contributed by atoms with van der Waals surface area (Å²) in [6.45, 7) is 10.7. The summed E-state index contributed by atoms with van der Waals surface area (Å²) in [7, 11) is 0. The fraction of sp³-hybridized carbons (Fsp3) is 0.667. The first-order valence-electron chi connectivity index (χ1n) is 6.22. The summed E-state index contributed by atoms with van der Waals surface area (Å²) in [6, 6.07) is 0. The number of aliphatic hydroxyl groups excluding tert-OH is 1. The lowest BCUT2D eigenvalue weighted by atomic mass is 9.79. The van der Waals surface area contributed by atoms with Gasteiger partial charge in [-0.2, -0.15) is 0 Å². The number of hydrogen-bond acceptors (Lipinski definition) is 1. The molecule has 3 unspecified atom stereocenters. The summed E-state index contributed by atoms with van der Waals surface area (Å²) in [4.78, 5) is 0. The van der Waals surface area contributed by atoms with Crippen LogP contribution in [0.15, 0.2) is 29.0 Å². The summed E-state index contributed by atoms with van der Waals surface area (Å²) in [5, 5.41) is 9.61. The van der Waals surface area contributed by atoms with Crippen molar-refractivity contribution >= 4 is 0 Å². The molecule has 0 saturated heterocycles. The third-order valence-corrected chi connectivity index (χ3v) is 4.29. The fourth-order valence-corrected chi connectivity index (χ4v) is 3.18. The maximum absolute atomic E-state index is 9.61. The normalized spacial score (nSPS) is 36.4. The molecule has 0 aromatic heterocycles. The summed E-state index contributed by atoms with van der Waals surface area (Å²) in [5.74, 6) is 1.23. The van der Waals surface area contributed by atoms with Crippen LogP contribution in [0.3, 0.4) is 0 Å². The first-order chi connectivity index (χ1) is 7.51. The topological polar surface area (TPSA) is 20.2 Å². The van der Waals surface area contributed by atoms with Crippen molar-refractivity contribution in [1.82, 2.24) is 0 Å². The smallest absolute Gasteiger partial charge is 0.0537 e. The molecule has 2 aliphatic rings. The molecule has 2 aliphatic carbocycles. The monoisotopic (exact) mass is 218 g/mol. The molecule has 0 aliphatic heterocycles. The molecule has 2 saturated carbocycles. The van der Waals surface area contributed by atoms with Gasteiger partial charge in [0.1, 0.15) is 0 Å². The van der Waals surface area contributed by atoms with E-state index in [1.165, 1.54) is 29.6 Å². The van der Waals surface area contributed by atoms with Crippen molar-refractivity contribution in [2.24, 2.45) is 17.3 Å². The second-order valence-electron chi connectivity index (χ2n) is 5.72. The highest BCUT2D eigenvalue weighted by Crippen LogP contribution is 2.66. The molecule has 1 heteroatoms. The van der Waals surface area contributed by atoms with Crippen molar-refractivity contribution in [3.63, 3.8) is 0 Å². The molecule has 16 heavy (non-hydrogen) atoms. The Hall–Kier alpha value is -0.780. The lowest BCUT2D eigenvalue weighted by Gasteiger charge is -2.26. The van der Waals surface area contributed by atoms with Gasteiger partial charge < -0.3 is 5.11 Å². The molecule has 0 radical (unpaired) electrons. The van der Waals surface area contributed by atoms with Crippen molar-refractivity contribution < 1.29 is 5.11 Å². The average Bonchev–Trinajstić information content (AvgIpc) is 2.85. The molecule has 0 amide bonds. The minimum absolute atomic E-state index is 0.100. The molecule has 0 heterocycles. The number of aliphatic hydroxyl groups is 1. The first kappa shape index (κ1) is 11.7. The predicted molar refractivity (Wildman–Crippen MR) is 67.1 cm³/mol. The van der Waals surface area contributed by atoms with E-state index in [1.54, 1.807) is 0 Å². The third kappa shape index (κ3) is 1.69. The van der Waals surface area contributed by atoms with Crippen LogP contribution in [0.4, 0.5) is 0 Å². The zero-order valence-electron chi connectivity index (χ0n) is 10.6. The van der Waals surface area contributed by atoms with Gasteiger partial charge in [-0.3, -0.25) is 0 Å². The predicted octanol–water partition coefficient (Wildman–Crippen LogP) is 3.46. The Balaban J connectivity index is 2.24. The van der Waals surface area contributed by atoms with Crippen molar-refractivity contribution in [3.8, 4) is 0 Å². The number of fused-ring (bicyclic) bond motifs is 1. The standard InChI is InChI=1S/C15H22O/c1-10(2)7-13-14-8-12(11(3)4)5-6-15(13,14)9-16/h12,14,16H,3,5-6,8-9H2,1-2,4H3. The van der Waals surface area contributed by atoms with Crippen molar-refractivity contribution in [2.45, 2.75) is 40.0 Å². The van der Waals surface area contributed by atoms with E-state index < -0.39 is 0 Å². The molecule has 0 aromatic carbocycles. The quantitative estimate of drug-likeness (QED) is 0.556. The van der Waals surface area contributed by atoms with Crippen LogP contribution in [0.1, 0.15) is 40.0 Å². The third-order valence-electron chi connectivity index (χ3n) is 4.29. The zero-order chi connectivity index (χ0) is 11.9. The van der Waals surface area contributed by atoms with E-state index in [0.717, 1.165) is 6.42 Å². The minimum Gasteiger partial charge on any atom is -0.395 e. The Morgan fingerprint density at radius 3 is 2.69 bits per heavy atom. The molecular formula is C15H22O. The summed E-state index contributed by atoms with van der Waals surface area (Å²) in [5.41, 5.74) is 7.45. The SMILES string of the molecule is C=C(C)C1CCC2(CO)C(=C=C(C)C)C2C1. The van der Waals surface area contributed by atoms with Gasteiger partial charge in [0.05, 0.1) is 6.61 Å². The molecule has 0 spiro atoms. The Kier molecular flexibility index (Phi) is 2.86. The van der Waals surface area contributed by atoms with E-state index >= 15 is 0 Å². The second kappa shape index (κ2) is 3.91. The van der Waals surface area contributed by atoms with E-state index in [-0.39, 0.29) is 5.41 Å². The molecule has 2 fully saturated rings. The first-order valence-corrected chi connectivity index (χ1v) is 6.22. The van der Waals surface area contributed by atoms with Crippen LogP contribution in [0, 0.1) is 17.3 Å². The van der Waals surface area contributed by atoms with E-state index in [9.17, 15) is 5.11 Å². The van der Waals surface area contributed by atoms with Crippen LogP contribution in [-0.2, 0) is 0 Å². The van der Waals surface area contributed by atoms with Crippen molar-refractivity contribution in [3.05, 3.63) is 29.0 Å². The van der Waals surface area contributed by atoms with Gasteiger partial charge in [0.2, 0.25) is 0 Å². The van der Waals surface area contributed by atoms with Gasteiger partial charge >= 0.3 is 0 Å². The zero-order valence-corrected chi connectivity index (χ0v) is 10.6. The van der Waals surface area contributed by atoms with Gasteiger partial charge in [0.25, 0.3) is 0 Å². The summed E-state index contributed by atoms with van der Waals surface area (Å²) in [6.07, 6.45) is 3.47. The van der Waals surface area contributed by atoms with Crippen LogP contribution in [0.5, 0.6) is 0 Å². The highest BCUT2D eigenvalue weighted by atomic mass is 16.3. The Labute approximate surface area is 98.6 Å². The number of rotatable bonds is 2. The lowest BCUT2D eigenvalue weighted by molar-refractivity contribution is 0.162. The van der Waals surface area contributed by atoms with Crippen molar-refractivity contribution in [1.29, 1.82) is 0 Å². The molecular weight excluding hydrogens is 196 g/mol.